The summed E-state index contributed by atoms with van der Waals surface area (Å²) in [5.41, 5.74) is 1.70. The number of ether oxygens (including phenoxy) is 1. The van der Waals surface area contributed by atoms with Crippen molar-refractivity contribution in [1.29, 1.82) is 5.26 Å². The number of nitrogens with zero attached hydrogens (tertiary/aromatic N) is 3. The van der Waals surface area contributed by atoms with Crippen LogP contribution in [-0.4, -0.2) is 33.8 Å². The van der Waals surface area contributed by atoms with E-state index in [-0.39, 0.29) is 5.92 Å². The van der Waals surface area contributed by atoms with Gasteiger partial charge < -0.3 is 10.1 Å². The zero-order valence-electron chi connectivity index (χ0n) is 16.0. The van der Waals surface area contributed by atoms with Crippen LogP contribution in [0.25, 0.3) is 5.69 Å². The van der Waals surface area contributed by atoms with Gasteiger partial charge in [0.05, 0.1) is 33.7 Å². The van der Waals surface area contributed by atoms with Crippen molar-refractivity contribution >= 4 is 23.5 Å². The molecule has 0 spiro atoms. The molecule has 1 aromatic heterocycles. The predicted molar refractivity (Wildman–Crippen MR) is 103 cm³/mol. The van der Waals surface area contributed by atoms with Gasteiger partial charge in [-0.15, -0.1) is 0 Å². The molecule has 1 aromatic carbocycles. The van der Waals surface area contributed by atoms with Crippen molar-refractivity contribution in [3.05, 3.63) is 46.2 Å². The lowest BCUT2D eigenvalue weighted by Crippen LogP contribution is -2.48. The lowest BCUT2D eigenvalue weighted by Gasteiger charge is -2.22. The normalized spacial score (nSPS) is 15.4. The molecule has 2 aromatic rings. The van der Waals surface area contributed by atoms with E-state index >= 15 is 0 Å². The van der Waals surface area contributed by atoms with Gasteiger partial charge in [-0.05, 0) is 63.8 Å². The Morgan fingerprint density at radius 1 is 1.36 bits per heavy atom. The average molecular weight is 401 g/mol. The van der Waals surface area contributed by atoms with E-state index in [4.69, 9.17) is 16.3 Å². The summed E-state index contributed by atoms with van der Waals surface area (Å²) in [6.07, 6.45) is 1.83. The first kappa shape index (κ1) is 19.9. The molecule has 1 atom stereocenters. The number of amides is 1. The summed E-state index contributed by atoms with van der Waals surface area (Å²) in [6.45, 7) is 4.94. The second kappa shape index (κ2) is 7.64. The van der Waals surface area contributed by atoms with Gasteiger partial charge in [0, 0.05) is 0 Å². The molecule has 1 fully saturated rings. The van der Waals surface area contributed by atoms with E-state index in [1.165, 1.54) is 0 Å². The molecule has 0 unspecified atom stereocenters. The zero-order valence-corrected chi connectivity index (χ0v) is 16.7. The molecular weight excluding hydrogens is 380 g/mol. The van der Waals surface area contributed by atoms with E-state index in [0.717, 1.165) is 29.9 Å². The summed E-state index contributed by atoms with van der Waals surface area (Å²) < 4.78 is 6.76. The zero-order chi connectivity index (χ0) is 20.5. The molecule has 1 amide bonds. The first-order valence-electron chi connectivity index (χ1n) is 8.96. The molecule has 0 saturated heterocycles. The Morgan fingerprint density at radius 2 is 2.00 bits per heavy atom. The Balaban J connectivity index is 1.60. The molecule has 7 nitrogen and oxygen atoms in total. The number of nitrogens with one attached hydrogen (secondary N) is 1. The van der Waals surface area contributed by atoms with Crippen LogP contribution in [0, 0.1) is 31.1 Å². The van der Waals surface area contributed by atoms with Crippen molar-refractivity contribution in [2.24, 2.45) is 5.92 Å². The van der Waals surface area contributed by atoms with Crippen LogP contribution in [0.15, 0.2) is 24.3 Å². The van der Waals surface area contributed by atoms with E-state index in [1.54, 1.807) is 35.9 Å². The van der Waals surface area contributed by atoms with Gasteiger partial charge in [-0.25, -0.2) is 9.48 Å². The fraction of sp³-hybridized carbons (Fsp3) is 0.400. The molecule has 146 valence electrons. The number of carbonyl (C=O) groups excluding carboxylic acids is 2. The molecule has 3 rings (SSSR count). The van der Waals surface area contributed by atoms with Crippen LogP contribution in [0.5, 0.6) is 0 Å². The summed E-state index contributed by atoms with van der Waals surface area (Å²) >= 11 is 6.17. The second-order valence-electron chi connectivity index (χ2n) is 7.16. The molecule has 1 heterocycles. The Morgan fingerprint density at radius 3 is 2.50 bits per heavy atom. The Hall–Kier alpha value is -2.85. The smallest absolute Gasteiger partial charge is 0.338 e. The fourth-order valence-electron chi connectivity index (χ4n) is 3.04. The van der Waals surface area contributed by atoms with E-state index in [2.05, 4.69) is 16.5 Å². The number of rotatable bonds is 6. The minimum Gasteiger partial charge on any atom is -0.452 e. The quantitative estimate of drug-likeness (QED) is 0.751. The molecule has 1 N–H and O–H groups in total. The average Bonchev–Trinajstić information content (AvgIpc) is 3.51. The van der Waals surface area contributed by atoms with E-state index in [1.807, 2.05) is 13.8 Å². The van der Waals surface area contributed by atoms with Crippen LogP contribution in [0.4, 0.5) is 0 Å². The van der Waals surface area contributed by atoms with Crippen molar-refractivity contribution in [3.8, 4) is 11.8 Å². The van der Waals surface area contributed by atoms with Gasteiger partial charge in [0.1, 0.15) is 5.54 Å². The summed E-state index contributed by atoms with van der Waals surface area (Å²) in [6, 6.07) is 8.79. The SMILES string of the molecule is Cc1nn(-c2ccc(C(=O)OCC(=O)N[C@@](C)(C#N)C3CC3)cc2)c(C)c1Cl. The highest BCUT2D eigenvalue weighted by atomic mass is 35.5. The lowest BCUT2D eigenvalue weighted by molar-refractivity contribution is -0.125. The molecule has 28 heavy (non-hydrogen) atoms. The maximum atomic E-state index is 12.2. The van der Waals surface area contributed by atoms with Crippen molar-refractivity contribution in [2.75, 3.05) is 6.61 Å². The number of aryl methyl sites for hydroxylation is 1. The molecule has 1 aliphatic rings. The third-order valence-electron chi connectivity index (χ3n) is 4.91. The topological polar surface area (TPSA) is 97.0 Å². The van der Waals surface area contributed by atoms with Gasteiger partial charge in [0.15, 0.2) is 6.61 Å². The molecule has 1 saturated carbocycles. The first-order valence-corrected chi connectivity index (χ1v) is 9.34. The van der Waals surface area contributed by atoms with E-state index in [0.29, 0.717) is 10.6 Å². The third kappa shape index (κ3) is 4.02. The van der Waals surface area contributed by atoms with Crippen LogP contribution in [0.1, 0.15) is 41.5 Å². The van der Waals surface area contributed by atoms with Gasteiger partial charge in [-0.3, -0.25) is 4.79 Å². The fourth-order valence-corrected chi connectivity index (χ4v) is 3.15. The third-order valence-corrected chi connectivity index (χ3v) is 5.46. The maximum absolute atomic E-state index is 12.2. The van der Waals surface area contributed by atoms with Crippen LogP contribution >= 0.6 is 11.6 Å². The minimum atomic E-state index is -0.911. The van der Waals surface area contributed by atoms with Gasteiger partial charge in [0.25, 0.3) is 5.91 Å². The molecule has 0 aliphatic heterocycles. The number of aromatic nitrogens is 2. The van der Waals surface area contributed by atoms with Crippen molar-refractivity contribution in [2.45, 2.75) is 39.2 Å². The molecular formula is C20H21ClN4O3. The highest BCUT2D eigenvalue weighted by Crippen LogP contribution is 2.39. The van der Waals surface area contributed by atoms with Gasteiger partial charge in [-0.2, -0.15) is 10.4 Å². The minimum absolute atomic E-state index is 0.160. The number of hydrogen-bond donors (Lipinski definition) is 1. The summed E-state index contributed by atoms with van der Waals surface area (Å²) in [5, 5.41) is 16.9. The highest BCUT2D eigenvalue weighted by molar-refractivity contribution is 6.31. The number of carbonyl (C=O) groups is 2. The Labute approximate surface area is 168 Å². The standard InChI is InChI=1S/C20H21ClN4O3/c1-12-18(21)13(2)25(24-12)16-8-4-14(5-9-16)19(27)28-10-17(26)23-20(3,11-22)15-6-7-15/h4-5,8-9,15H,6-7,10H2,1-3H3,(H,23,26)/t20-/m0/s1. The van der Waals surface area contributed by atoms with Gasteiger partial charge >= 0.3 is 5.97 Å². The summed E-state index contributed by atoms with van der Waals surface area (Å²) in [5.74, 6) is -0.941. The van der Waals surface area contributed by atoms with Crippen LogP contribution < -0.4 is 5.32 Å². The van der Waals surface area contributed by atoms with Crippen molar-refractivity contribution in [1.82, 2.24) is 15.1 Å². The number of nitriles is 1. The van der Waals surface area contributed by atoms with E-state index in [9.17, 15) is 14.9 Å². The summed E-state index contributed by atoms with van der Waals surface area (Å²) in [7, 11) is 0. The lowest BCUT2D eigenvalue weighted by atomic mass is 9.98. The Bertz CT molecular complexity index is 957. The Kier molecular flexibility index (Phi) is 5.43. The van der Waals surface area contributed by atoms with Gasteiger partial charge in [0.2, 0.25) is 0 Å². The number of hydrogen-bond acceptors (Lipinski definition) is 5. The van der Waals surface area contributed by atoms with Crippen LogP contribution in [0.2, 0.25) is 5.02 Å². The van der Waals surface area contributed by atoms with Crippen molar-refractivity contribution < 1.29 is 14.3 Å². The molecule has 1 aliphatic carbocycles. The number of esters is 1. The maximum Gasteiger partial charge on any atom is 0.338 e. The second-order valence-corrected chi connectivity index (χ2v) is 7.53. The molecule has 0 radical (unpaired) electrons. The van der Waals surface area contributed by atoms with Gasteiger partial charge in [-0.1, -0.05) is 11.6 Å². The highest BCUT2D eigenvalue weighted by Gasteiger charge is 2.43. The summed E-state index contributed by atoms with van der Waals surface area (Å²) in [4.78, 5) is 24.2. The van der Waals surface area contributed by atoms with Crippen LogP contribution in [-0.2, 0) is 9.53 Å². The number of halogens is 1. The predicted octanol–water partition coefficient (Wildman–Crippen LogP) is 3.11. The molecule has 0 bridgehead atoms. The molecule has 8 heteroatoms. The van der Waals surface area contributed by atoms with Crippen LogP contribution in [0.3, 0.4) is 0 Å². The van der Waals surface area contributed by atoms with E-state index < -0.39 is 24.0 Å². The number of benzene rings is 1. The first-order chi connectivity index (χ1) is 13.2. The largest absolute Gasteiger partial charge is 0.452 e. The van der Waals surface area contributed by atoms with Crippen molar-refractivity contribution in [3.63, 3.8) is 0 Å². The monoisotopic (exact) mass is 400 g/mol.